The fraction of sp³-hybridized carbons (Fsp3) is 0.588. The van der Waals surface area contributed by atoms with Crippen LogP contribution in [0, 0.1) is 0 Å². The summed E-state index contributed by atoms with van der Waals surface area (Å²) in [5.74, 6) is 0.187. The van der Waals surface area contributed by atoms with Crippen molar-refractivity contribution >= 4 is 24.0 Å². The van der Waals surface area contributed by atoms with E-state index in [0.717, 1.165) is 31.4 Å². The molecule has 2 aliphatic rings. The highest BCUT2D eigenvalue weighted by atomic mass is 35.5. The Labute approximate surface area is 133 Å². The molecule has 0 saturated heterocycles. The summed E-state index contributed by atoms with van der Waals surface area (Å²) < 4.78 is 0. The molecule has 21 heavy (non-hydrogen) atoms. The molecular formula is C17H25ClN2O. The smallest absolute Gasteiger partial charge is 0.253 e. The third-order valence-electron chi connectivity index (χ3n) is 4.75. The molecule has 1 amide bonds. The standard InChI is InChI=1S/C17H24N2O.ClH/c1-19(15-6-4-2-3-5-7-15)17(20)14-8-9-16-13(12-14)10-11-18-16;/h8-9,12,15,18H,2-7,10-11H2,1H3;1H. The van der Waals surface area contributed by atoms with Crippen LogP contribution in [0.4, 0.5) is 5.69 Å². The predicted molar refractivity (Wildman–Crippen MR) is 89.5 cm³/mol. The van der Waals surface area contributed by atoms with Gasteiger partial charge in [0.25, 0.3) is 5.91 Å². The third kappa shape index (κ3) is 3.52. The highest BCUT2D eigenvalue weighted by Crippen LogP contribution is 2.26. The van der Waals surface area contributed by atoms with Crippen molar-refractivity contribution in [1.82, 2.24) is 4.90 Å². The lowest BCUT2D eigenvalue weighted by Gasteiger charge is -2.27. The van der Waals surface area contributed by atoms with Crippen molar-refractivity contribution in [2.24, 2.45) is 0 Å². The molecule has 1 heterocycles. The van der Waals surface area contributed by atoms with Gasteiger partial charge in [0, 0.05) is 30.9 Å². The maximum absolute atomic E-state index is 12.7. The molecule has 0 bridgehead atoms. The summed E-state index contributed by atoms with van der Waals surface area (Å²) in [5.41, 5.74) is 3.32. The number of hydrogen-bond donors (Lipinski definition) is 1. The number of hydrogen-bond acceptors (Lipinski definition) is 2. The molecule has 0 aromatic heterocycles. The summed E-state index contributed by atoms with van der Waals surface area (Å²) >= 11 is 0. The van der Waals surface area contributed by atoms with Crippen molar-refractivity contribution in [3.8, 4) is 0 Å². The van der Waals surface area contributed by atoms with E-state index in [1.165, 1.54) is 36.9 Å². The minimum Gasteiger partial charge on any atom is -0.384 e. The average molecular weight is 309 g/mol. The molecule has 1 aromatic carbocycles. The number of fused-ring (bicyclic) bond motifs is 1. The van der Waals surface area contributed by atoms with Crippen molar-refractivity contribution in [3.05, 3.63) is 29.3 Å². The van der Waals surface area contributed by atoms with Gasteiger partial charge in [0.15, 0.2) is 0 Å². The van der Waals surface area contributed by atoms with Crippen molar-refractivity contribution < 1.29 is 4.79 Å². The highest BCUT2D eigenvalue weighted by molar-refractivity contribution is 5.95. The fourth-order valence-electron chi connectivity index (χ4n) is 3.45. The van der Waals surface area contributed by atoms with Crippen LogP contribution in [-0.2, 0) is 6.42 Å². The molecule has 1 aliphatic heterocycles. The van der Waals surface area contributed by atoms with Gasteiger partial charge in [0.2, 0.25) is 0 Å². The van der Waals surface area contributed by atoms with Crippen LogP contribution in [-0.4, -0.2) is 30.4 Å². The molecule has 3 rings (SSSR count). The van der Waals surface area contributed by atoms with Gasteiger partial charge in [0.05, 0.1) is 0 Å². The van der Waals surface area contributed by atoms with Crippen LogP contribution in [0.2, 0.25) is 0 Å². The minimum atomic E-state index is 0. The first-order valence-electron chi connectivity index (χ1n) is 7.89. The Kier molecular flexibility index (Phi) is 5.51. The summed E-state index contributed by atoms with van der Waals surface area (Å²) in [4.78, 5) is 14.6. The van der Waals surface area contributed by atoms with Gasteiger partial charge in [-0.25, -0.2) is 0 Å². The van der Waals surface area contributed by atoms with Gasteiger partial charge in [-0.15, -0.1) is 12.4 Å². The molecule has 1 fully saturated rings. The van der Waals surface area contributed by atoms with Crippen molar-refractivity contribution in [3.63, 3.8) is 0 Å². The lowest BCUT2D eigenvalue weighted by atomic mass is 10.0. The molecule has 116 valence electrons. The van der Waals surface area contributed by atoms with E-state index in [-0.39, 0.29) is 18.3 Å². The average Bonchev–Trinajstić information content (AvgIpc) is 2.77. The van der Waals surface area contributed by atoms with Crippen LogP contribution < -0.4 is 5.32 Å². The molecule has 1 N–H and O–H groups in total. The predicted octanol–water partition coefficient (Wildman–Crippen LogP) is 3.87. The second-order valence-electron chi connectivity index (χ2n) is 6.11. The Hall–Kier alpha value is -1.22. The van der Waals surface area contributed by atoms with Gasteiger partial charge in [-0.3, -0.25) is 4.79 Å². The Morgan fingerprint density at radius 3 is 2.62 bits per heavy atom. The molecule has 1 aliphatic carbocycles. The highest BCUT2D eigenvalue weighted by Gasteiger charge is 2.23. The van der Waals surface area contributed by atoms with Gasteiger partial charge in [-0.05, 0) is 43.0 Å². The van der Waals surface area contributed by atoms with E-state index in [1.54, 1.807) is 0 Å². The molecule has 1 aromatic rings. The largest absolute Gasteiger partial charge is 0.384 e. The number of anilines is 1. The summed E-state index contributed by atoms with van der Waals surface area (Å²) in [7, 11) is 1.98. The first-order valence-corrected chi connectivity index (χ1v) is 7.89. The second kappa shape index (κ2) is 7.17. The Morgan fingerprint density at radius 2 is 1.90 bits per heavy atom. The van der Waals surface area contributed by atoms with E-state index in [2.05, 4.69) is 17.4 Å². The number of benzene rings is 1. The zero-order chi connectivity index (χ0) is 13.9. The zero-order valence-electron chi connectivity index (χ0n) is 12.7. The fourth-order valence-corrected chi connectivity index (χ4v) is 3.45. The van der Waals surface area contributed by atoms with Crippen LogP contribution in [0.15, 0.2) is 18.2 Å². The van der Waals surface area contributed by atoms with Gasteiger partial charge in [-0.2, -0.15) is 0 Å². The van der Waals surface area contributed by atoms with Gasteiger partial charge < -0.3 is 10.2 Å². The molecule has 0 atom stereocenters. The van der Waals surface area contributed by atoms with Crippen LogP contribution >= 0.6 is 12.4 Å². The quantitative estimate of drug-likeness (QED) is 0.841. The number of halogens is 1. The van der Waals surface area contributed by atoms with Gasteiger partial charge in [0.1, 0.15) is 0 Å². The first-order chi connectivity index (χ1) is 9.75. The lowest BCUT2D eigenvalue weighted by Crippen LogP contribution is -2.36. The van der Waals surface area contributed by atoms with Gasteiger partial charge >= 0.3 is 0 Å². The number of rotatable bonds is 2. The summed E-state index contributed by atoms with van der Waals surface area (Å²) in [6.45, 7) is 0.992. The maximum Gasteiger partial charge on any atom is 0.253 e. The zero-order valence-corrected chi connectivity index (χ0v) is 13.5. The van der Waals surface area contributed by atoms with E-state index >= 15 is 0 Å². The first kappa shape index (κ1) is 16.2. The maximum atomic E-state index is 12.7. The SMILES string of the molecule is CN(C(=O)c1ccc2c(c1)CCN2)C1CCCCCC1.Cl. The molecule has 3 nitrogen and oxygen atoms in total. The Morgan fingerprint density at radius 1 is 1.19 bits per heavy atom. The number of carbonyl (C=O) groups excluding carboxylic acids is 1. The Balaban J connectivity index is 0.00000161. The lowest BCUT2D eigenvalue weighted by molar-refractivity contribution is 0.0717. The normalized spacial score (nSPS) is 18.1. The molecule has 4 heteroatoms. The van der Waals surface area contributed by atoms with E-state index in [9.17, 15) is 4.79 Å². The van der Waals surface area contributed by atoms with E-state index in [1.807, 2.05) is 18.0 Å². The molecule has 1 saturated carbocycles. The van der Waals surface area contributed by atoms with E-state index in [0.29, 0.717) is 6.04 Å². The van der Waals surface area contributed by atoms with E-state index < -0.39 is 0 Å². The monoisotopic (exact) mass is 308 g/mol. The van der Waals surface area contributed by atoms with Crippen LogP contribution in [0.1, 0.15) is 54.4 Å². The van der Waals surface area contributed by atoms with Crippen molar-refractivity contribution in [1.29, 1.82) is 0 Å². The summed E-state index contributed by atoms with van der Waals surface area (Å²) in [6, 6.07) is 6.52. The number of carbonyl (C=O) groups is 1. The summed E-state index contributed by atoms with van der Waals surface area (Å²) in [6.07, 6.45) is 8.52. The molecule has 0 unspecified atom stereocenters. The van der Waals surface area contributed by atoms with E-state index in [4.69, 9.17) is 0 Å². The van der Waals surface area contributed by atoms with Crippen LogP contribution in [0.25, 0.3) is 0 Å². The van der Waals surface area contributed by atoms with Crippen molar-refractivity contribution in [2.45, 2.75) is 51.0 Å². The minimum absolute atomic E-state index is 0. The Bertz CT molecular complexity index is 496. The number of nitrogens with one attached hydrogen (secondary N) is 1. The molecule has 0 spiro atoms. The number of nitrogens with zero attached hydrogens (tertiary/aromatic N) is 1. The van der Waals surface area contributed by atoms with Crippen LogP contribution in [0.5, 0.6) is 0 Å². The third-order valence-corrected chi connectivity index (χ3v) is 4.75. The second-order valence-corrected chi connectivity index (χ2v) is 6.11. The van der Waals surface area contributed by atoms with Gasteiger partial charge in [-0.1, -0.05) is 25.7 Å². The van der Waals surface area contributed by atoms with Crippen LogP contribution in [0.3, 0.4) is 0 Å². The van der Waals surface area contributed by atoms with Crippen molar-refractivity contribution in [2.75, 3.05) is 18.9 Å². The molecule has 0 radical (unpaired) electrons. The topological polar surface area (TPSA) is 32.3 Å². The number of amides is 1. The molecular weight excluding hydrogens is 284 g/mol. The summed E-state index contributed by atoms with van der Waals surface area (Å²) in [5, 5.41) is 3.34.